The lowest BCUT2D eigenvalue weighted by Gasteiger charge is -2.22. The van der Waals surface area contributed by atoms with Gasteiger partial charge in [-0.25, -0.2) is 0 Å². The zero-order valence-electron chi connectivity index (χ0n) is 12.0. The molecule has 2 N–H and O–H groups in total. The third-order valence-corrected chi connectivity index (χ3v) is 2.93. The van der Waals surface area contributed by atoms with E-state index < -0.39 is 31.8 Å². The summed E-state index contributed by atoms with van der Waals surface area (Å²) in [7, 11) is 0. The number of para-hydroxylation sites is 1. The van der Waals surface area contributed by atoms with E-state index in [2.05, 4.69) is 5.32 Å². The number of rotatable bonds is 6. The molecular formula is C14H19F3N2O2. The molecule has 0 aliphatic carbocycles. The van der Waals surface area contributed by atoms with Gasteiger partial charge in [0.2, 0.25) is 5.91 Å². The van der Waals surface area contributed by atoms with Crippen molar-refractivity contribution in [2.45, 2.75) is 20.0 Å². The van der Waals surface area contributed by atoms with Crippen LogP contribution in [0.3, 0.4) is 0 Å². The van der Waals surface area contributed by atoms with Gasteiger partial charge in [0.25, 0.3) is 0 Å². The van der Waals surface area contributed by atoms with E-state index in [1.807, 2.05) is 32.0 Å². The molecule has 0 atom stereocenters. The van der Waals surface area contributed by atoms with Crippen LogP contribution in [0.2, 0.25) is 0 Å². The van der Waals surface area contributed by atoms with Crippen molar-refractivity contribution in [3.63, 3.8) is 0 Å². The fourth-order valence-electron chi connectivity index (χ4n) is 2.00. The van der Waals surface area contributed by atoms with E-state index in [0.717, 1.165) is 16.0 Å². The SMILES string of the molecule is Cc1cccc(C)c1NC(=O)CN(CCO)CC(F)(F)F. The van der Waals surface area contributed by atoms with Crippen molar-refractivity contribution in [3.8, 4) is 0 Å². The minimum absolute atomic E-state index is 0.209. The molecule has 118 valence electrons. The highest BCUT2D eigenvalue weighted by molar-refractivity contribution is 5.93. The third kappa shape index (κ3) is 6.14. The van der Waals surface area contributed by atoms with Gasteiger partial charge < -0.3 is 10.4 Å². The number of hydrogen-bond donors (Lipinski definition) is 2. The second-order valence-corrected chi connectivity index (χ2v) is 4.86. The van der Waals surface area contributed by atoms with E-state index in [1.54, 1.807) is 0 Å². The Kier molecular flexibility index (Phi) is 6.17. The van der Waals surface area contributed by atoms with Gasteiger partial charge in [-0.3, -0.25) is 9.69 Å². The van der Waals surface area contributed by atoms with Gasteiger partial charge in [-0.15, -0.1) is 0 Å². The fraction of sp³-hybridized carbons (Fsp3) is 0.500. The normalized spacial score (nSPS) is 11.8. The van der Waals surface area contributed by atoms with Gasteiger partial charge in [0.15, 0.2) is 0 Å². The number of nitrogens with zero attached hydrogens (tertiary/aromatic N) is 1. The van der Waals surface area contributed by atoms with Gasteiger partial charge in [0.05, 0.1) is 19.7 Å². The monoisotopic (exact) mass is 304 g/mol. The van der Waals surface area contributed by atoms with Crippen molar-refractivity contribution in [1.29, 1.82) is 0 Å². The number of anilines is 1. The molecular weight excluding hydrogens is 285 g/mol. The maximum atomic E-state index is 12.4. The Balaban J connectivity index is 2.70. The van der Waals surface area contributed by atoms with Gasteiger partial charge in [-0.1, -0.05) is 18.2 Å². The summed E-state index contributed by atoms with van der Waals surface area (Å²) in [6.07, 6.45) is -4.41. The Labute approximate surface area is 121 Å². The molecule has 0 saturated carbocycles. The van der Waals surface area contributed by atoms with Crippen LogP contribution in [0.5, 0.6) is 0 Å². The number of aliphatic hydroxyl groups excluding tert-OH is 1. The lowest BCUT2D eigenvalue weighted by molar-refractivity contribution is -0.148. The van der Waals surface area contributed by atoms with Crippen LogP contribution in [0.15, 0.2) is 18.2 Å². The second kappa shape index (κ2) is 7.42. The summed E-state index contributed by atoms with van der Waals surface area (Å²) >= 11 is 0. The van der Waals surface area contributed by atoms with Crippen LogP contribution in [0.25, 0.3) is 0 Å². The number of aliphatic hydroxyl groups is 1. The fourth-order valence-corrected chi connectivity index (χ4v) is 2.00. The van der Waals surface area contributed by atoms with Crippen LogP contribution >= 0.6 is 0 Å². The summed E-state index contributed by atoms with van der Waals surface area (Å²) in [5, 5.41) is 11.4. The molecule has 7 heteroatoms. The van der Waals surface area contributed by atoms with Gasteiger partial charge in [-0.2, -0.15) is 13.2 Å². The predicted molar refractivity (Wildman–Crippen MR) is 74.1 cm³/mol. The smallest absolute Gasteiger partial charge is 0.395 e. The molecule has 0 heterocycles. The van der Waals surface area contributed by atoms with E-state index >= 15 is 0 Å². The largest absolute Gasteiger partial charge is 0.401 e. The van der Waals surface area contributed by atoms with Crippen molar-refractivity contribution >= 4 is 11.6 Å². The van der Waals surface area contributed by atoms with Crippen molar-refractivity contribution < 1.29 is 23.1 Å². The summed E-state index contributed by atoms with van der Waals surface area (Å²) in [6.45, 7) is 1.32. The average molecular weight is 304 g/mol. The Morgan fingerprint density at radius 3 is 2.33 bits per heavy atom. The molecule has 0 spiro atoms. The average Bonchev–Trinajstić information content (AvgIpc) is 2.32. The van der Waals surface area contributed by atoms with E-state index in [1.165, 1.54) is 0 Å². The summed E-state index contributed by atoms with van der Waals surface area (Å²) in [5.41, 5.74) is 2.29. The molecule has 1 aromatic carbocycles. The van der Waals surface area contributed by atoms with Crippen molar-refractivity contribution in [2.75, 3.05) is 31.6 Å². The molecule has 0 aromatic heterocycles. The minimum atomic E-state index is -4.41. The number of halogens is 3. The summed E-state index contributed by atoms with van der Waals surface area (Å²) in [5.74, 6) is -0.537. The molecule has 0 aliphatic heterocycles. The zero-order valence-corrected chi connectivity index (χ0v) is 12.0. The summed E-state index contributed by atoms with van der Waals surface area (Å²) in [4.78, 5) is 12.8. The number of benzene rings is 1. The van der Waals surface area contributed by atoms with E-state index in [4.69, 9.17) is 5.11 Å². The third-order valence-electron chi connectivity index (χ3n) is 2.93. The quantitative estimate of drug-likeness (QED) is 0.846. The number of alkyl halides is 3. The van der Waals surface area contributed by atoms with Gasteiger partial charge in [-0.05, 0) is 25.0 Å². The number of aryl methyl sites for hydroxylation is 2. The molecule has 0 aliphatic rings. The molecule has 1 amide bonds. The summed E-state index contributed by atoms with van der Waals surface area (Å²) in [6, 6.07) is 5.45. The second-order valence-electron chi connectivity index (χ2n) is 4.86. The molecule has 0 bridgehead atoms. The summed E-state index contributed by atoms with van der Waals surface area (Å²) < 4.78 is 37.1. The topological polar surface area (TPSA) is 52.6 Å². The Morgan fingerprint density at radius 1 is 1.29 bits per heavy atom. The standard InChI is InChI=1S/C14H19F3N2O2/c1-10-4-3-5-11(2)13(10)18-12(21)8-19(6-7-20)9-14(15,16)17/h3-5,20H,6-9H2,1-2H3,(H,18,21). The van der Waals surface area contributed by atoms with Crippen molar-refractivity contribution in [3.05, 3.63) is 29.3 Å². The molecule has 0 fully saturated rings. The lowest BCUT2D eigenvalue weighted by atomic mass is 10.1. The first-order valence-electron chi connectivity index (χ1n) is 6.49. The number of nitrogens with one attached hydrogen (secondary N) is 1. The maximum absolute atomic E-state index is 12.4. The van der Waals surface area contributed by atoms with Crippen LogP contribution in [-0.4, -0.2) is 48.3 Å². The van der Waals surface area contributed by atoms with Crippen LogP contribution in [-0.2, 0) is 4.79 Å². The number of carbonyl (C=O) groups excluding carboxylic acids is 1. The lowest BCUT2D eigenvalue weighted by Crippen LogP contribution is -2.41. The Morgan fingerprint density at radius 2 is 1.86 bits per heavy atom. The van der Waals surface area contributed by atoms with Crippen LogP contribution in [0.4, 0.5) is 18.9 Å². The minimum Gasteiger partial charge on any atom is -0.395 e. The first kappa shape index (κ1) is 17.5. The molecule has 0 radical (unpaired) electrons. The molecule has 0 saturated heterocycles. The van der Waals surface area contributed by atoms with E-state index in [9.17, 15) is 18.0 Å². The van der Waals surface area contributed by atoms with Crippen molar-refractivity contribution in [1.82, 2.24) is 4.90 Å². The predicted octanol–water partition coefficient (Wildman–Crippen LogP) is 2.10. The van der Waals surface area contributed by atoms with E-state index in [-0.39, 0.29) is 6.54 Å². The highest BCUT2D eigenvalue weighted by atomic mass is 19.4. The van der Waals surface area contributed by atoms with Gasteiger partial charge in [0, 0.05) is 12.2 Å². The van der Waals surface area contributed by atoms with Crippen LogP contribution in [0, 0.1) is 13.8 Å². The highest BCUT2D eigenvalue weighted by Gasteiger charge is 2.31. The van der Waals surface area contributed by atoms with Crippen molar-refractivity contribution in [2.24, 2.45) is 0 Å². The van der Waals surface area contributed by atoms with E-state index in [0.29, 0.717) is 5.69 Å². The molecule has 1 aromatic rings. The van der Waals surface area contributed by atoms with Crippen LogP contribution < -0.4 is 5.32 Å². The number of amides is 1. The zero-order chi connectivity index (χ0) is 16.0. The first-order valence-corrected chi connectivity index (χ1v) is 6.49. The Hall–Kier alpha value is -1.60. The number of hydrogen-bond acceptors (Lipinski definition) is 3. The van der Waals surface area contributed by atoms with Gasteiger partial charge in [0.1, 0.15) is 0 Å². The maximum Gasteiger partial charge on any atom is 0.401 e. The molecule has 0 unspecified atom stereocenters. The molecule has 4 nitrogen and oxygen atoms in total. The molecule has 1 rings (SSSR count). The number of carbonyl (C=O) groups is 1. The highest BCUT2D eigenvalue weighted by Crippen LogP contribution is 2.20. The Bertz CT molecular complexity index is 469. The first-order chi connectivity index (χ1) is 9.73. The van der Waals surface area contributed by atoms with Crippen LogP contribution in [0.1, 0.15) is 11.1 Å². The molecule has 21 heavy (non-hydrogen) atoms. The van der Waals surface area contributed by atoms with Gasteiger partial charge >= 0.3 is 6.18 Å².